The van der Waals surface area contributed by atoms with Crippen LogP contribution in [0.4, 0.5) is 0 Å². The Labute approximate surface area is 169 Å². The summed E-state index contributed by atoms with van der Waals surface area (Å²) in [6.45, 7) is 5.08. The molecular weight excluding hydrogens is 374 g/mol. The lowest BCUT2D eigenvalue weighted by Crippen LogP contribution is -2.33. The highest BCUT2D eigenvalue weighted by Crippen LogP contribution is 2.29. The Morgan fingerprint density at radius 3 is 2.03 bits per heavy atom. The second-order valence-electron chi connectivity index (χ2n) is 6.57. The molecule has 0 bridgehead atoms. The van der Waals surface area contributed by atoms with Crippen LogP contribution in [0.1, 0.15) is 53.0 Å². The smallest absolute Gasteiger partial charge is 0.337 e. The summed E-state index contributed by atoms with van der Waals surface area (Å²) in [6.07, 6.45) is 1.57. The van der Waals surface area contributed by atoms with E-state index in [4.69, 9.17) is 14.3 Å². The molecule has 0 aliphatic carbocycles. The van der Waals surface area contributed by atoms with E-state index >= 15 is 0 Å². The Kier molecular flexibility index (Phi) is 6.49. The van der Waals surface area contributed by atoms with E-state index in [-0.39, 0.29) is 17.5 Å². The number of hydroxylamine groups is 2. The van der Waals surface area contributed by atoms with E-state index in [2.05, 4.69) is 0 Å². The quantitative estimate of drug-likeness (QED) is 0.602. The summed E-state index contributed by atoms with van der Waals surface area (Å²) >= 11 is 0. The number of fused-ring (bicyclic) bond motifs is 1. The highest BCUT2D eigenvalue weighted by atomic mass is 16.7. The van der Waals surface area contributed by atoms with Gasteiger partial charge in [-0.3, -0.25) is 9.59 Å². The number of hydrogen-bond acceptors (Lipinski definition) is 6. The molecule has 0 spiro atoms. The molecule has 0 fully saturated rings. The largest absolute Gasteiger partial charge is 0.490 e. The summed E-state index contributed by atoms with van der Waals surface area (Å²) in [5, 5.41) is 0.514. The molecule has 7 heteroatoms. The summed E-state index contributed by atoms with van der Waals surface area (Å²) in [5.41, 5.74) is 1.07. The molecular formula is C22H23NO6. The molecule has 29 heavy (non-hydrogen) atoms. The van der Waals surface area contributed by atoms with E-state index in [9.17, 15) is 14.4 Å². The predicted molar refractivity (Wildman–Crippen MR) is 105 cm³/mol. The lowest BCUT2D eigenvalue weighted by atomic mass is 10.1. The van der Waals surface area contributed by atoms with Crippen molar-refractivity contribution in [2.24, 2.45) is 0 Å². The van der Waals surface area contributed by atoms with E-state index in [0.717, 1.165) is 12.8 Å². The number of ether oxygens (including phenoxy) is 2. The molecule has 3 rings (SSSR count). The van der Waals surface area contributed by atoms with Crippen LogP contribution in [0.5, 0.6) is 11.5 Å². The number of rotatable bonds is 9. The van der Waals surface area contributed by atoms with E-state index in [1.165, 1.54) is 12.1 Å². The van der Waals surface area contributed by atoms with Gasteiger partial charge in [0.05, 0.1) is 30.8 Å². The monoisotopic (exact) mass is 397 g/mol. The van der Waals surface area contributed by atoms with Gasteiger partial charge in [0.15, 0.2) is 11.5 Å². The Morgan fingerprint density at radius 1 is 0.862 bits per heavy atom. The van der Waals surface area contributed by atoms with Gasteiger partial charge in [-0.1, -0.05) is 37.1 Å². The summed E-state index contributed by atoms with van der Waals surface area (Å²) in [7, 11) is 0. The fourth-order valence-electron chi connectivity index (χ4n) is 2.87. The average molecular weight is 397 g/mol. The number of nitrogens with zero attached hydrogens (tertiary/aromatic N) is 1. The molecule has 0 saturated carbocycles. The van der Waals surface area contributed by atoms with Crippen molar-refractivity contribution in [3.05, 3.63) is 59.2 Å². The van der Waals surface area contributed by atoms with E-state index in [0.29, 0.717) is 35.3 Å². The van der Waals surface area contributed by atoms with Gasteiger partial charge in [-0.25, -0.2) is 4.79 Å². The third kappa shape index (κ3) is 4.56. The minimum absolute atomic E-state index is 0.121. The van der Waals surface area contributed by atoms with Crippen LogP contribution in [0.15, 0.2) is 42.5 Å². The highest BCUT2D eigenvalue weighted by Gasteiger charge is 2.38. The molecule has 2 aromatic carbocycles. The molecule has 7 nitrogen and oxygen atoms in total. The molecule has 1 heterocycles. The number of carbonyl (C=O) groups excluding carboxylic acids is 3. The van der Waals surface area contributed by atoms with Crippen molar-refractivity contribution in [3.8, 4) is 11.5 Å². The Morgan fingerprint density at radius 2 is 1.45 bits per heavy atom. The van der Waals surface area contributed by atoms with Crippen LogP contribution in [0, 0.1) is 0 Å². The average Bonchev–Trinajstić information content (AvgIpc) is 2.96. The van der Waals surface area contributed by atoms with Crippen molar-refractivity contribution in [3.63, 3.8) is 0 Å². The maximum Gasteiger partial charge on any atom is 0.337 e. The van der Waals surface area contributed by atoms with Crippen LogP contribution in [0.2, 0.25) is 0 Å². The Hall–Kier alpha value is -3.35. The first-order valence-corrected chi connectivity index (χ1v) is 9.62. The van der Waals surface area contributed by atoms with Crippen molar-refractivity contribution < 1.29 is 28.7 Å². The fraction of sp³-hybridized carbons (Fsp3) is 0.318. The van der Waals surface area contributed by atoms with Crippen LogP contribution in [-0.2, 0) is 16.1 Å². The Bertz CT molecular complexity index is 888. The molecule has 1 aliphatic rings. The zero-order valence-electron chi connectivity index (χ0n) is 16.5. The summed E-state index contributed by atoms with van der Waals surface area (Å²) in [6, 6.07) is 11.5. The molecule has 0 atom stereocenters. The zero-order valence-corrected chi connectivity index (χ0v) is 16.5. The minimum atomic E-state index is -0.719. The lowest BCUT2D eigenvalue weighted by molar-refractivity contribution is -0.167. The maximum atomic E-state index is 12.4. The first-order chi connectivity index (χ1) is 14.0. The summed E-state index contributed by atoms with van der Waals surface area (Å²) in [4.78, 5) is 42.0. The highest BCUT2D eigenvalue weighted by molar-refractivity contribution is 6.20. The van der Waals surface area contributed by atoms with Gasteiger partial charge in [-0.15, -0.1) is 0 Å². The van der Waals surface area contributed by atoms with Gasteiger partial charge in [-0.2, -0.15) is 0 Å². The molecule has 0 radical (unpaired) electrons. The number of benzene rings is 2. The van der Waals surface area contributed by atoms with Gasteiger partial charge in [0.2, 0.25) is 0 Å². The maximum absolute atomic E-state index is 12.4. The van der Waals surface area contributed by atoms with Gasteiger partial charge >= 0.3 is 5.97 Å². The third-order valence-corrected chi connectivity index (χ3v) is 4.23. The minimum Gasteiger partial charge on any atom is -0.490 e. The van der Waals surface area contributed by atoms with E-state index < -0.39 is 17.8 Å². The van der Waals surface area contributed by atoms with Gasteiger partial charge in [-0.05, 0) is 42.7 Å². The van der Waals surface area contributed by atoms with Crippen molar-refractivity contribution in [2.75, 3.05) is 13.2 Å². The van der Waals surface area contributed by atoms with Crippen LogP contribution in [0.3, 0.4) is 0 Å². The van der Waals surface area contributed by atoms with Gasteiger partial charge in [0, 0.05) is 0 Å². The lowest BCUT2D eigenvalue weighted by Gasteiger charge is -2.15. The molecule has 0 unspecified atom stereocenters. The molecule has 2 amide bonds. The number of carbonyl (C=O) groups is 3. The van der Waals surface area contributed by atoms with Gasteiger partial charge < -0.3 is 14.3 Å². The standard InChI is InChI=1S/C22H23NO6/c1-3-11-27-18-10-9-15(13-19(18)28-12-4-2)14-20(24)29-23-21(25)16-7-5-6-8-17(16)22(23)26/h5-10,13H,3-4,11-12,14H2,1-2H3. The number of amides is 2. The van der Waals surface area contributed by atoms with Crippen molar-refractivity contribution in [1.82, 2.24) is 5.06 Å². The normalized spacial score (nSPS) is 12.7. The number of hydrogen-bond donors (Lipinski definition) is 0. The number of imide groups is 1. The third-order valence-electron chi connectivity index (χ3n) is 4.23. The topological polar surface area (TPSA) is 82.1 Å². The predicted octanol–water partition coefficient (Wildman–Crippen LogP) is 3.56. The fourth-order valence-corrected chi connectivity index (χ4v) is 2.87. The van der Waals surface area contributed by atoms with E-state index in [1.54, 1.807) is 30.3 Å². The van der Waals surface area contributed by atoms with Gasteiger partial charge in [0.1, 0.15) is 0 Å². The molecule has 0 saturated heterocycles. The van der Waals surface area contributed by atoms with Crippen LogP contribution >= 0.6 is 0 Å². The van der Waals surface area contributed by atoms with E-state index in [1.807, 2.05) is 13.8 Å². The van der Waals surface area contributed by atoms with Gasteiger partial charge in [0.25, 0.3) is 11.8 Å². The van der Waals surface area contributed by atoms with Crippen molar-refractivity contribution in [2.45, 2.75) is 33.1 Å². The Balaban J connectivity index is 1.69. The van der Waals surface area contributed by atoms with Crippen LogP contribution < -0.4 is 9.47 Å². The first-order valence-electron chi connectivity index (χ1n) is 9.62. The SMILES string of the molecule is CCCOc1ccc(CC(=O)ON2C(=O)c3ccccc3C2=O)cc1OCCC. The van der Waals surface area contributed by atoms with Crippen LogP contribution in [-0.4, -0.2) is 36.1 Å². The molecule has 0 aromatic heterocycles. The van der Waals surface area contributed by atoms with Crippen molar-refractivity contribution >= 4 is 17.8 Å². The second-order valence-corrected chi connectivity index (χ2v) is 6.57. The molecule has 2 aromatic rings. The molecule has 152 valence electrons. The molecule has 1 aliphatic heterocycles. The zero-order chi connectivity index (χ0) is 20.8. The summed E-state index contributed by atoms with van der Waals surface area (Å²) < 4.78 is 11.4. The van der Waals surface area contributed by atoms with Crippen LogP contribution in [0.25, 0.3) is 0 Å². The second kappa shape index (κ2) is 9.23. The first kappa shape index (κ1) is 20.4. The summed E-state index contributed by atoms with van der Waals surface area (Å²) in [5.74, 6) is -0.851. The van der Waals surface area contributed by atoms with Crippen molar-refractivity contribution in [1.29, 1.82) is 0 Å². The molecule has 0 N–H and O–H groups in total.